The van der Waals surface area contributed by atoms with Gasteiger partial charge in [-0.05, 0) is 31.0 Å². The largest absolute Gasteiger partial charge is 0.369 e. The van der Waals surface area contributed by atoms with Crippen molar-refractivity contribution in [3.8, 4) is 0 Å². The van der Waals surface area contributed by atoms with Crippen LogP contribution in [0.2, 0.25) is 0 Å². The molecule has 0 saturated carbocycles. The molecule has 19 heavy (non-hydrogen) atoms. The minimum atomic E-state index is -0.111. The van der Waals surface area contributed by atoms with E-state index in [0.29, 0.717) is 5.92 Å². The Morgan fingerprint density at radius 1 is 1.26 bits per heavy atom. The molecular weight excluding hydrogens is 239 g/mol. The van der Waals surface area contributed by atoms with Crippen LogP contribution in [0.5, 0.6) is 0 Å². The minimum absolute atomic E-state index is 0.111. The SMILES string of the molecule is CCNCc1cccc(F)c1N(CC)CC(C)CC. The highest BCUT2D eigenvalue weighted by molar-refractivity contribution is 5.55. The quantitative estimate of drug-likeness (QED) is 0.769. The van der Waals surface area contributed by atoms with Gasteiger partial charge in [0.25, 0.3) is 0 Å². The third-order valence-corrected chi connectivity index (χ3v) is 3.56. The standard InChI is InChI=1S/C16H27FN2/c1-5-13(4)12-19(7-3)16-14(11-18-6-2)9-8-10-15(16)17/h8-10,13,18H,5-7,11-12H2,1-4H3. The molecule has 1 atom stereocenters. The van der Waals surface area contributed by atoms with Gasteiger partial charge in [-0.1, -0.05) is 39.3 Å². The van der Waals surface area contributed by atoms with Crippen LogP contribution in [-0.2, 0) is 6.54 Å². The molecule has 108 valence electrons. The zero-order chi connectivity index (χ0) is 14.3. The lowest BCUT2D eigenvalue weighted by atomic mass is 10.1. The van der Waals surface area contributed by atoms with E-state index in [4.69, 9.17) is 0 Å². The summed E-state index contributed by atoms with van der Waals surface area (Å²) in [6.45, 7) is 11.9. The van der Waals surface area contributed by atoms with Gasteiger partial charge in [-0.2, -0.15) is 0 Å². The van der Waals surface area contributed by atoms with Crippen molar-refractivity contribution in [2.24, 2.45) is 5.92 Å². The molecule has 0 aromatic heterocycles. The van der Waals surface area contributed by atoms with E-state index in [9.17, 15) is 4.39 Å². The van der Waals surface area contributed by atoms with E-state index in [2.05, 4.69) is 37.9 Å². The van der Waals surface area contributed by atoms with Gasteiger partial charge in [0, 0.05) is 19.6 Å². The average molecular weight is 266 g/mol. The van der Waals surface area contributed by atoms with Gasteiger partial charge < -0.3 is 10.2 Å². The van der Waals surface area contributed by atoms with Crippen LogP contribution < -0.4 is 10.2 Å². The zero-order valence-electron chi connectivity index (χ0n) is 12.7. The molecule has 0 bridgehead atoms. The van der Waals surface area contributed by atoms with Crippen LogP contribution in [0.3, 0.4) is 0 Å². The molecule has 0 aliphatic rings. The highest BCUT2D eigenvalue weighted by Gasteiger charge is 2.16. The van der Waals surface area contributed by atoms with Crippen LogP contribution in [0.4, 0.5) is 10.1 Å². The van der Waals surface area contributed by atoms with E-state index < -0.39 is 0 Å². The highest BCUT2D eigenvalue weighted by atomic mass is 19.1. The Morgan fingerprint density at radius 2 is 2.00 bits per heavy atom. The molecule has 0 saturated heterocycles. The number of para-hydroxylation sites is 1. The fourth-order valence-electron chi connectivity index (χ4n) is 2.20. The van der Waals surface area contributed by atoms with Crippen molar-refractivity contribution in [2.45, 2.75) is 40.7 Å². The molecule has 2 nitrogen and oxygen atoms in total. The monoisotopic (exact) mass is 266 g/mol. The molecule has 0 aliphatic heterocycles. The summed E-state index contributed by atoms with van der Waals surface area (Å²) in [6, 6.07) is 5.37. The predicted octanol–water partition coefficient (Wildman–Crippen LogP) is 3.81. The molecule has 0 aliphatic carbocycles. The molecule has 1 unspecified atom stereocenters. The van der Waals surface area contributed by atoms with Crippen molar-refractivity contribution in [3.05, 3.63) is 29.6 Å². The van der Waals surface area contributed by atoms with Crippen LogP contribution in [0.15, 0.2) is 18.2 Å². The van der Waals surface area contributed by atoms with E-state index in [-0.39, 0.29) is 5.82 Å². The predicted molar refractivity (Wildman–Crippen MR) is 81.1 cm³/mol. The Hall–Kier alpha value is -1.09. The smallest absolute Gasteiger partial charge is 0.146 e. The first-order chi connectivity index (χ1) is 9.13. The van der Waals surface area contributed by atoms with Crippen molar-refractivity contribution in [1.29, 1.82) is 0 Å². The summed E-state index contributed by atoms with van der Waals surface area (Å²) in [4.78, 5) is 2.16. The number of nitrogens with one attached hydrogen (secondary N) is 1. The van der Waals surface area contributed by atoms with Crippen molar-refractivity contribution in [2.75, 3.05) is 24.5 Å². The number of anilines is 1. The van der Waals surface area contributed by atoms with Gasteiger partial charge in [-0.25, -0.2) is 4.39 Å². The first-order valence-electron chi connectivity index (χ1n) is 7.36. The number of rotatable bonds is 8. The number of hydrogen-bond donors (Lipinski definition) is 1. The third kappa shape index (κ3) is 4.50. The molecule has 0 radical (unpaired) electrons. The lowest BCUT2D eigenvalue weighted by Gasteiger charge is -2.28. The Kier molecular flexibility index (Phi) is 6.85. The fourth-order valence-corrected chi connectivity index (χ4v) is 2.20. The van der Waals surface area contributed by atoms with Crippen LogP contribution in [-0.4, -0.2) is 19.6 Å². The first-order valence-corrected chi connectivity index (χ1v) is 7.36. The molecule has 1 aromatic carbocycles. The number of hydrogen-bond acceptors (Lipinski definition) is 2. The van der Waals surface area contributed by atoms with Crippen LogP contribution in [0.25, 0.3) is 0 Å². The van der Waals surface area contributed by atoms with Gasteiger partial charge in [0.15, 0.2) is 0 Å². The van der Waals surface area contributed by atoms with Crippen molar-refractivity contribution < 1.29 is 4.39 Å². The van der Waals surface area contributed by atoms with Crippen molar-refractivity contribution >= 4 is 5.69 Å². The lowest BCUT2D eigenvalue weighted by Crippen LogP contribution is -2.30. The maximum Gasteiger partial charge on any atom is 0.146 e. The summed E-state index contributed by atoms with van der Waals surface area (Å²) in [5, 5.41) is 3.29. The molecular formula is C16H27FN2. The molecule has 0 fully saturated rings. The summed E-state index contributed by atoms with van der Waals surface area (Å²) < 4.78 is 14.2. The third-order valence-electron chi connectivity index (χ3n) is 3.56. The van der Waals surface area contributed by atoms with Gasteiger partial charge in [0.2, 0.25) is 0 Å². The summed E-state index contributed by atoms with van der Waals surface area (Å²) in [5.41, 5.74) is 1.82. The van der Waals surface area contributed by atoms with Crippen molar-refractivity contribution in [3.63, 3.8) is 0 Å². The number of halogens is 1. The zero-order valence-corrected chi connectivity index (χ0v) is 12.7. The van der Waals surface area contributed by atoms with Gasteiger partial charge in [0.05, 0.1) is 5.69 Å². The molecule has 0 amide bonds. The molecule has 1 N–H and O–H groups in total. The van der Waals surface area contributed by atoms with E-state index in [0.717, 1.165) is 43.9 Å². The molecule has 1 aromatic rings. The van der Waals surface area contributed by atoms with Gasteiger partial charge in [0.1, 0.15) is 5.82 Å². The first kappa shape index (κ1) is 16.0. The Labute approximate surface area is 117 Å². The van der Waals surface area contributed by atoms with E-state index >= 15 is 0 Å². The molecule has 0 heterocycles. The second-order valence-corrected chi connectivity index (χ2v) is 5.08. The highest BCUT2D eigenvalue weighted by Crippen LogP contribution is 2.25. The van der Waals surface area contributed by atoms with Gasteiger partial charge >= 0.3 is 0 Å². The summed E-state index contributed by atoms with van der Waals surface area (Å²) in [6.07, 6.45) is 1.12. The lowest BCUT2D eigenvalue weighted by molar-refractivity contribution is 0.535. The van der Waals surface area contributed by atoms with E-state index in [1.807, 2.05) is 6.07 Å². The van der Waals surface area contributed by atoms with Crippen LogP contribution in [0, 0.1) is 11.7 Å². The van der Waals surface area contributed by atoms with Crippen molar-refractivity contribution in [1.82, 2.24) is 5.32 Å². The second-order valence-electron chi connectivity index (χ2n) is 5.08. The molecule has 1 rings (SSSR count). The summed E-state index contributed by atoms with van der Waals surface area (Å²) >= 11 is 0. The van der Waals surface area contributed by atoms with Gasteiger partial charge in [-0.3, -0.25) is 0 Å². The van der Waals surface area contributed by atoms with Gasteiger partial charge in [-0.15, -0.1) is 0 Å². The summed E-state index contributed by atoms with van der Waals surface area (Å²) in [7, 11) is 0. The van der Waals surface area contributed by atoms with E-state index in [1.54, 1.807) is 12.1 Å². The fraction of sp³-hybridized carbons (Fsp3) is 0.625. The Morgan fingerprint density at radius 3 is 2.58 bits per heavy atom. The number of nitrogens with zero attached hydrogens (tertiary/aromatic N) is 1. The Balaban J connectivity index is 2.99. The van der Waals surface area contributed by atoms with E-state index in [1.165, 1.54) is 0 Å². The molecule has 3 heteroatoms. The molecule has 0 spiro atoms. The second kappa shape index (κ2) is 8.16. The minimum Gasteiger partial charge on any atom is -0.369 e. The van der Waals surface area contributed by atoms with Crippen LogP contribution in [0.1, 0.15) is 39.7 Å². The summed E-state index contributed by atoms with van der Waals surface area (Å²) in [5.74, 6) is 0.465. The maximum absolute atomic E-state index is 14.2. The maximum atomic E-state index is 14.2. The Bertz CT molecular complexity index is 379. The average Bonchev–Trinajstić information content (AvgIpc) is 2.42. The topological polar surface area (TPSA) is 15.3 Å². The van der Waals surface area contributed by atoms with Crippen LogP contribution >= 0.6 is 0 Å². The normalized spacial score (nSPS) is 12.5. The number of benzene rings is 1.